The minimum atomic E-state index is -4.90. The number of nitrogens with zero attached hydrogens (tertiary/aromatic N) is 2. The first-order valence-electron chi connectivity index (χ1n) is 6.34. The standard InChI is InChI=1S/C14H11F6N3.ClH/c1-7-3-8(2)22-12(21-7)23-11-5-9(13(15,16)17)4-10(6-11)14(18,19)20;/h3-6H,1-2H3,(H,21,22,23);1H. The van der Waals surface area contributed by atoms with E-state index in [0.717, 1.165) is 0 Å². The van der Waals surface area contributed by atoms with Gasteiger partial charge in [0.15, 0.2) is 0 Å². The van der Waals surface area contributed by atoms with Gasteiger partial charge in [-0.2, -0.15) is 26.3 Å². The number of aryl methyl sites for hydroxylation is 2. The second-order valence-electron chi connectivity index (χ2n) is 4.89. The SMILES string of the molecule is Cc1cc(C)nc(Nc2cc(C(F)(F)F)cc(C(F)(F)F)c2)n1.Cl. The molecular weight excluding hydrogens is 360 g/mol. The van der Waals surface area contributed by atoms with Crippen LogP contribution in [0.25, 0.3) is 0 Å². The van der Waals surface area contributed by atoms with Crippen molar-refractivity contribution < 1.29 is 26.3 Å². The van der Waals surface area contributed by atoms with Crippen LogP contribution in [0.15, 0.2) is 24.3 Å². The van der Waals surface area contributed by atoms with Gasteiger partial charge >= 0.3 is 12.4 Å². The van der Waals surface area contributed by atoms with E-state index in [1.165, 1.54) is 0 Å². The van der Waals surface area contributed by atoms with E-state index < -0.39 is 29.2 Å². The van der Waals surface area contributed by atoms with Gasteiger partial charge in [0, 0.05) is 17.1 Å². The lowest BCUT2D eigenvalue weighted by molar-refractivity contribution is -0.143. The largest absolute Gasteiger partial charge is 0.416 e. The van der Waals surface area contributed by atoms with Crippen molar-refractivity contribution in [3.05, 3.63) is 46.8 Å². The second-order valence-corrected chi connectivity index (χ2v) is 4.89. The Morgan fingerprint density at radius 3 is 1.54 bits per heavy atom. The Labute approximate surface area is 139 Å². The Morgan fingerprint density at radius 2 is 1.17 bits per heavy atom. The molecule has 0 fully saturated rings. The zero-order valence-corrected chi connectivity index (χ0v) is 13.2. The topological polar surface area (TPSA) is 37.8 Å². The summed E-state index contributed by atoms with van der Waals surface area (Å²) in [4.78, 5) is 7.86. The summed E-state index contributed by atoms with van der Waals surface area (Å²) in [5.41, 5.74) is -2.14. The van der Waals surface area contributed by atoms with Crippen molar-refractivity contribution >= 4 is 24.0 Å². The number of benzene rings is 1. The van der Waals surface area contributed by atoms with Crippen molar-refractivity contribution in [1.29, 1.82) is 0 Å². The first kappa shape index (κ1) is 20.0. The quantitative estimate of drug-likeness (QED) is 0.728. The van der Waals surface area contributed by atoms with Gasteiger partial charge in [-0.1, -0.05) is 0 Å². The molecule has 0 saturated carbocycles. The lowest BCUT2D eigenvalue weighted by atomic mass is 10.1. The van der Waals surface area contributed by atoms with Gasteiger partial charge in [0.25, 0.3) is 0 Å². The predicted molar refractivity (Wildman–Crippen MR) is 78.5 cm³/mol. The number of rotatable bonds is 2. The summed E-state index contributed by atoms with van der Waals surface area (Å²) in [7, 11) is 0. The number of alkyl halides is 6. The molecule has 0 spiro atoms. The highest BCUT2D eigenvalue weighted by atomic mass is 35.5. The highest BCUT2D eigenvalue weighted by Crippen LogP contribution is 2.37. The molecule has 0 amide bonds. The van der Waals surface area contributed by atoms with Crippen LogP contribution < -0.4 is 5.32 Å². The molecule has 132 valence electrons. The van der Waals surface area contributed by atoms with Crippen molar-refractivity contribution in [1.82, 2.24) is 9.97 Å². The molecule has 1 N–H and O–H groups in total. The number of anilines is 2. The zero-order valence-electron chi connectivity index (χ0n) is 12.4. The molecule has 3 nitrogen and oxygen atoms in total. The van der Waals surface area contributed by atoms with Gasteiger partial charge in [0.05, 0.1) is 11.1 Å². The molecule has 0 unspecified atom stereocenters. The fraction of sp³-hybridized carbons (Fsp3) is 0.286. The molecule has 2 aromatic rings. The molecule has 1 aromatic carbocycles. The van der Waals surface area contributed by atoms with Crippen LogP contribution in [0.5, 0.6) is 0 Å². The number of hydrogen-bond donors (Lipinski definition) is 1. The summed E-state index contributed by atoms with van der Waals surface area (Å²) >= 11 is 0. The minimum Gasteiger partial charge on any atom is -0.324 e. The van der Waals surface area contributed by atoms with Crippen LogP contribution in [0.3, 0.4) is 0 Å². The molecular formula is C14H12ClF6N3. The molecule has 0 saturated heterocycles. The van der Waals surface area contributed by atoms with Crippen molar-refractivity contribution in [3.63, 3.8) is 0 Å². The lowest BCUT2D eigenvalue weighted by Crippen LogP contribution is -2.12. The van der Waals surface area contributed by atoms with Gasteiger partial charge in [-0.3, -0.25) is 0 Å². The molecule has 10 heteroatoms. The van der Waals surface area contributed by atoms with Crippen LogP contribution in [0, 0.1) is 13.8 Å². The van der Waals surface area contributed by atoms with Crippen molar-refractivity contribution in [2.75, 3.05) is 5.32 Å². The van der Waals surface area contributed by atoms with Crippen LogP contribution in [-0.2, 0) is 12.4 Å². The number of halogens is 7. The fourth-order valence-electron chi connectivity index (χ4n) is 1.94. The summed E-state index contributed by atoms with van der Waals surface area (Å²) in [6.45, 7) is 3.26. The van der Waals surface area contributed by atoms with Crippen LogP contribution in [-0.4, -0.2) is 9.97 Å². The van der Waals surface area contributed by atoms with Gasteiger partial charge in [-0.15, -0.1) is 12.4 Å². The lowest BCUT2D eigenvalue weighted by Gasteiger charge is -2.15. The maximum absolute atomic E-state index is 12.8. The average Bonchev–Trinajstić information content (AvgIpc) is 2.34. The maximum Gasteiger partial charge on any atom is 0.416 e. The molecule has 0 atom stereocenters. The van der Waals surface area contributed by atoms with E-state index in [1.807, 2.05) is 0 Å². The van der Waals surface area contributed by atoms with E-state index in [-0.39, 0.29) is 24.4 Å². The Bertz CT molecular complexity index is 675. The van der Waals surface area contributed by atoms with E-state index >= 15 is 0 Å². The predicted octanol–water partition coefficient (Wildman–Crippen LogP) is 5.30. The van der Waals surface area contributed by atoms with E-state index in [0.29, 0.717) is 23.5 Å². The molecule has 0 radical (unpaired) electrons. The first-order chi connectivity index (χ1) is 10.4. The van der Waals surface area contributed by atoms with Crippen LogP contribution in [0.1, 0.15) is 22.5 Å². The third kappa shape index (κ3) is 4.98. The summed E-state index contributed by atoms with van der Waals surface area (Å²) in [6, 6.07) is 2.85. The highest BCUT2D eigenvalue weighted by molar-refractivity contribution is 5.85. The normalized spacial score (nSPS) is 11.8. The van der Waals surface area contributed by atoms with Crippen molar-refractivity contribution in [3.8, 4) is 0 Å². The summed E-state index contributed by atoms with van der Waals surface area (Å²) in [5, 5.41) is 2.39. The zero-order chi connectivity index (χ0) is 17.4. The molecule has 0 bridgehead atoms. The van der Waals surface area contributed by atoms with Gasteiger partial charge in [-0.25, -0.2) is 9.97 Å². The second kappa shape index (κ2) is 6.84. The molecule has 1 heterocycles. The smallest absolute Gasteiger partial charge is 0.324 e. The monoisotopic (exact) mass is 371 g/mol. The van der Waals surface area contributed by atoms with Crippen molar-refractivity contribution in [2.24, 2.45) is 0 Å². The Balaban J connectivity index is 0.00000288. The third-order valence-corrected chi connectivity index (χ3v) is 2.83. The van der Waals surface area contributed by atoms with Crippen LogP contribution in [0.4, 0.5) is 38.0 Å². The number of nitrogens with one attached hydrogen (secondary N) is 1. The van der Waals surface area contributed by atoms with Gasteiger partial charge in [0.2, 0.25) is 5.95 Å². The van der Waals surface area contributed by atoms with Gasteiger partial charge in [0.1, 0.15) is 0 Å². The molecule has 24 heavy (non-hydrogen) atoms. The fourth-order valence-corrected chi connectivity index (χ4v) is 1.94. The van der Waals surface area contributed by atoms with E-state index in [2.05, 4.69) is 15.3 Å². The molecule has 1 aromatic heterocycles. The third-order valence-electron chi connectivity index (χ3n) is 2.83. The molecule has 2 rings (SSSR count). The summed E-state index contributed by atoms with van der Waals surface area (Å²) in [6.07, 6.45) is -9.80. The Kier molecular flexibility index (Phi) is 5.70. The molecule has 0 aliphatic heterocycles. The Morgan fingerprint density at radius 1 is 0.750 bits per heavy atom. The van der Waals surface area contributed by atoms with Gasteiger partial charge in [-0.05, 0) is 38.1 Å². The van der Waals surface area contributed by atoms with Crippen LogP contribution >= 0.6 is 12.4 Å². The Hall–Kier alpha value is -2.03. The number of aromatic nitrogens is 2. The first-order valence-corrected chi connectivity index (χ1v) is 6.34. The molecule has 0 aliphatic carbocycles. The highest BCUT2D eigenvalue weighted by Gasteiger charge is 2.37. The minimum absolute atomic E-state index is 0. The van der Waals surface area contributed by atoms with E-state index in [9.17, 15) is 26.3 Å². The average molecular weight is 372 g/mol. The maximum atomic E-state index is 12.8. The summed E-state index contributed by atoms with van der Waals surface area (Å²) in [5.74, 6) is -0.0741. The van der Waals surface area contributed by atoms with E-state index in [4.69, 9.17) is 0 Å². The molecule has 0 aliphatic rings. The van der Waals surface area contributed by atoms with Crippen LogP contribution in [0.2, 0.25) is 0 Å². The number of hydrogen-bond acceptors (Lipinski definition) is 3. The van der Waals surface area contributed by atoms with Crippen molar-refractivity contribution in [2.45, 2.75) is 26.2 Å². The summed E-state index contributed by atoms with van der Waals surface area (Å²) < 4.78 is 76.7. The van der Waals surface area contributed by atoms with E-state index in [1.54, 1.807) is 19.9 Å². The van der Waals surface area contributed by atoms with Gasteiger partial charge < -0.3 is 5.32 Å².